The number of hydrogen-bond donors (Lipinski definition) is 1. The van der Waals surface area contributed by atoms with Gasteiger partial charge in [0.05, 0.1) is 19.8 Å². The summed E-state index contributed by atoms with van der Waals surface area (Å²) in [7, 11) is 1.00. The van der Waals surface area contributed by atoms with E-state index >= 15 is 0 Å². The van der Waals surface area contributed by atoms with Crippen molar-refractivity contribution in [1.82, 2.24) is 4.90 Å². The largest absolute Gasteiger partial charge is 0.400 e. The standard InChI is InChI=1S/C6H11NO2.CH4O/c8-4-1-7-2-5-9-6-3-7;1-2/h4H,1-3,5-6H2;2H,1H3. The summed E-state index contributed by atoms with van der Waals surface area (Å²) in [6, 6.07) is 0. The summed E-state index contributed by atoms with van der Waals surface area (Å²) in [5.74, 6) is 0. The zero-order valence-corrected chi connectivity index (χ0v) is 6.82. The fourth-order valence-corrected chi connectivity index (χ4v) is 0.889. The summed E-state index contributed by atoms with van der Waals surface area (Å²) in [5, 5.41) is 7.00. The third kappa shape index (κ3) is 4.89. The molecule has 1 aliphatic heterocycles. The average molecular weight is 161 g/mol. The molecule has 1 rings (SSSR count). The molecule has 4 nitrogen and oxygen atoms in total. The fraction of sp³-hybridized carbons (Fsp3) is 0.857. The quantitative estimate of drug-likeness (QED) is 0.535. The van der Waals surface area contributed by atoms with Gasteiger partial charge < -0.3 is 14.6 Å². The molecule has 0 aromatic carbocycles. The molecule has 0 radical (unpaired) electrons. The van der Waals surface area contributed by atoms with Gasteiger partial charge in [-0.2, -0.15) is 0 Å². The molecule has 0 amide bonds. The van der Waals surface area contributed by atoms with E-state index < -0.39 is 0 Å². The smallest absolute Gasteiger partial charge is 0.133 e. The van der Waals surface area contributed by atoms with Crippen LogP contribution in [-0.4, -0.2) is 56.3 Å². The number of carbonyl (C=O) groups is 1. The molecule has 1 N–H and O–H groups in total. The number of aliphatic hydroxyl groups is 1. The van der Waals surface area contributed by atoms with Crippen LogP contribution in [0, 0.1) is 0 Å². The van der Waals surface area contributed by atoms with Crippen molar-refractivity contribution in [2.75, 3.05) is 40.0 Å². The molecule has 1 heterocycles. The van der Waals surface area contributed by atoms with Crippen molar-refractivity contribution < 1.29 is 14.6 Å². The van der Waals surface area contributed by atoms with Crippen LogP contribution in [0.1, 0.15) is 0 Å². The van der Waals surface area contributed by atoms with Gasteiger partial charge >= 0.3 is 0 Å². The van der Waals surface area contributed by atoms with Crippen LogP contribution in [0.5, 0.6) is 0 Å². The predicted octanol–water partition coefficient (Wildman–Crippen LogP) is -0.874. The third-order valence-electron chi connectivity index (χ3n) is 1.44. The van der Waals surface area contributed by atoms with Crippen LogP contribution in [0.15, 0.2) is 0 Å². The van der Waals surface area contributed by atoms with Crippen LogP contribution in [-0.2, 0) is 9.53 Å². The third-order valence-corrected chi connectivity index (χ3v) is 1.44. The highest BCUT2D eigenvalue weighted by Gasteiger charge is 2.07. The number of nitrogens with zero attached hydrogens (tertiary/aromatic N) is 1. The van der Waals surface area contributed by atoms with Crippen molar-refractivity contribution in [1.29, 1.82) is 0 Å². The first-order chi connectivity index (χ1) is 5.43. The number of hydrogen-bond acceptors (Lipinski definition) is 4. The Morgan fingerprint density at radius 2 is 2.00 bits per heavy atom. The topological polar surface area (TPSA) is 49.8 Å². The molecular formula is C7H15NO3. The Balaban J connectivity index is 0.000000461. The molecule has 0 saturated carbocycles. The molecule has 0 aliphatic carbocycles. The monoisotopic (exact) mass is 161 g/mol. The first-order valence-electron chi connectivity index (χ1n) is 3.62. The predicted molar refractivity (Wildman–Crippen MR) is 41.5 cm³/mol. The van der Waals surface area contributed by atoms with Crippen molar-refractivity contribution in [3.63, 3.8) is 0 Å². The van der Waals surface area contributed by atoms with Gasteiger partial charge in [-0.25, -0.2) is 0 Å². The number of morpholine rings is 1. The van der Waals surface area contributed by atoms with Gasteiger partial charge in [0.2, 0.25) is 0 Å². The summed E-state index contributed by atoms with van der Waals surface area (Å²) < 4.78 is 5.09. The van der Waals surface area contributed by atoms with Gasteiger partial charge in [-0.1, -0.05) is 0 Å². The Kier molecular flexibility index (Phi) is 7.34. The lowest BCUT2D eigenvalue weighted by atomic mass is 10.4. The first-order valence-corrected chi connectivity index (χ1v) is 3.62. The molecule has 66 valence electrons. The van der Waals surface area contributed by atoms with Crippen LogP contribution in [0.4, 0.5) is 0 Å². The molecule has 0 aromatic heterocycles. The summed E-state index contributed by atoms with van der Waals surface area (Å²) in [4.78, 5) is 12.1. The van der Waals surface area contributed by atoms with Gasteiger partial charge in [-0.15, -0.1) is 0 Å². The molecule has 0 bridgehead atoms. The van der Waals surface area contributed by atoms with Crippen LogP contribution in [0.3, 0.4) is 0 Å². The molecule has 0 unspecified atom stereocenters. The Morgan fingerprint density at radius 3 is 2.45 bits per heavy atom. The number of aldehydes is 1. The minimum atomic E-state index is 0.559. The zero-order valence-electron chi connectivity index (χ0n) is 6.82. The van der Waals surface area contributed by atoms with Gasteiger partial charge in [0.1, 0.15) is 6.29 Å². The van der Waals surface area contributed by atoms with Gasteiger partial charge in [0.25, 0.3) is 0 Å². The van der Waals surface area contributed by atoms with E-state index in [1.165, 1.54) is 0 Å². The van der Waals surface area contributed by atoms with Crippen LogP contribution in [0.2, 0.25) is 0 Å². The van der Waals surface area contributed by atoms with Crippen molar-refractivity contribution in [2.45, 2.75) is 0 Å². The Labute approximate surface area is 66.8 Å². The van der Waals surface area contributed by atoms with Gasteiger partial charge in [0, 0.05) is 20.2 Å². The van der Waals surface area contributed by atoms with Crippen LogP contribution < -0.4 is 0 Å². The van der Waals surface area contributed by atoms with Crippen LogP contribution >= 0.6 is 0 Å². The number of carbonyl (C=O) groups excluding carboxylic acids is 1. The van der Waals surface area contributed by atoms with E-state index in [0.29, 0.717) is 6.54 Å². The maximum atomic E-state index is 9.99. The number of aliphatic hydroxyl groups excluding tert-OH is 1. The normalized spacial score (nSPS) is 18.4. The molecule has 0 spiro atoms. The second-order valence-corrected chi connectivity index (χ2v) is 2.08. The number of ether oxygens (including phenoxy) is 1. The lowest BCUT2D eigenvalue weighted by Crippen LogP contribution is -2.37. The molecule has 1 fully saturated rings. The van der Waals surface area contributed by atoms with Crippen LogP contribution in [0.25, 0.3) is 0 Å². The highest BCUT2D eigenvalue weighted by atomic mass is 16.5. The minimum Gasteiger partial charge on any atom is -0.400 e. The maximum absolute atomic E-state index is 9.99. The SMILES string of the molecule is CO.O=CCN1CCOCC1. The van der Waals surface area contributed by atoms with E-state index in [9.17, 15) is 4.79 Å². The summed E-state index contributed by atoms with van der Waals surface area (Å²) in [6.45, 7) is 3.91. The molecule has 11 heavy (non-hydrogen) atoms. The van der Waals surface area contributed by atoms with Gasteiger partial charge in [-0.05, 0) is 0 Å². The zero-order chi connectivity index (χ0) is 8.53. The van der Waals surface area contributed by atoms with E-state index in [4.69, 9.17) is 9.84 Å². The molecule has 1 saturated heterocycles. The van der Waals surface area contributed by atoms with E-state index in [1.54, 1.807) is 0 Å². The highest BCUT2D eigenvalue weighted by molar-refractivity contribution is 5.51. The Hall–Kier alpha value is -0.450. The van der Waals surface area contributed by atoms with Crippen molar-refractivity contribution in [2.24, 2.45) is 0 Å². The second kappa shape index (κ2) is 7.65. The molecule has 4 heteroatoms. The van der Waals surface area contributed by atoms with Crippen molar-refractivity contribution in [3.05, 3.63) is 0 Å². The average Bonchev–Trinajstić information content (AvgIpc) is 2.11. The van der Waals surface area contributed by atoms with E-state index in [-0.39, 0.29) is 0 Å². The van der Waals surface area contributed by atoms with Crippen molar-refractivity contribution in [3.8, 4) is 0 Å². The lowest BCUT2D eigenvalue weighted by Gasteiger charge is -2.23. The molecule has 0 aromatic rings. The summed E-state index contributed by atoms with van der Waals surface area (Å²) >= 11 is 0. The molecule has 1 aliphatic rings. The van der Waals surface area contributed by atoms with Gasteiger partial charge in [-0.3, -0.25) is 4.90 Å². The molecule has 0 atom stereocenters. The lowest BCUT2D eigenvalue weighted by molar-refractivity contribution is -0.109. The minimum absolute atomic E-state index is 0.559. The second-order valence-electron chi connectivity index (χ2n) is 2.08. The highest BCUT2D eigenvalue weighted by Crippen LogP contribution is 1.93. The van der Waals surface area contributed by atoms with E-state index in [1.807, 2.05) is 0 Å². The molecular weight excluding hydrogens is 146 g/mol. The summed E-state index contributed by atoms with van der Waals surface area (Å²) in [5.41, 5.74) is 0. The van der Waals surface area contributed by atoms with E-state index in [2.05, 4.69) is 4.90 Å². The summed E-state index contributed by atoms with van der Waals surface area (Å²) in [6.07, 6.45) is 0.936. The number of rotatable bonds is 2. The van der Waals surface area contributed by atoms with Crippen molar-refractivity contribution >= 4 is 6.29 Å². The van der Waals surface area contributed by atoms with E-state index in [0.717, 1.165) is 39.7 Å². The Morgan fingerprint density at radius 1 is 1.45 bits per heavy atom. The first kappa shape index (κ1) is 10.6. The van der Waals surface area contributed by atoms with Gasteiger partial charge in [0.15, 0.2) is 0 Å². The maximum Gasteiger partial charge on any atom is 0.133 e. The fourth-order valence-electron chi connectivity index (χ4n) is 0.889. The Bertz CT molecular complexity index is 91.7.